The fraction of sp³-hybridized carbons (Fsp3) is 0.529. The third-order valence-corrected chi connectivity index (χ3v) is 4.84. The van der Waals surface area contributed by atoms with E-state index in [2.05, 4.69) is 35.7 Å². The average Bonchev–Trinajstić information content (AvgIpc) is 2.74. The molecule has 2 heteroatoms. The van der Waals surface area contributed by atoms with Crippen LogP contribution in [-0.4, -0.2) is 24.0 Å². The number of benzene rings is 1. The van der Waals surface area contributed by atoms with E-state index >= 15 is 0 Å². The highest BCUT2D eigenvalue weighted by Gasteiger charge is 2.45. The predicted molar refractivity (Wildman–Crippen MR) is 80.0 cm³/mol. The Morgan fingerprint density at radius 2 is 2.00 bits per heavy atom. The van der Waals surface area contributed by atoms with Gasteiger partial charge in [0.15, 0.2) is 0 Å². The van der Waals surface area contributed by atoms with E-state index in [0.29, 0.717) is 6.04 Å². The van der Waals surface area contributed by atoms with Crippen LogP contribution in [0.4, 0.5) is 0 Å². The summed E-state index contributed by atoms with van der Waals surface area (Å²) < 4.78 is 0. The fourth-order valence-electron chi connectivity index (χ4n) is 3.89. The van der Waals surface area contributed by atoms with Crippen molar-refractivity contribution in [2.24, 2.45) is 5.73 Å². The SMILES string of the molecule is C=CCC1(N)c2ccccc2CC1N1CCCCC1. The van der Waals surface area contributed by atoms with Crippen LogP contribution in [0.1, 0.15) is 36.8 Å². The molecule has 2 unspecified atom stereocenters. The molecule has 3 rings (SSSR count). The summed E-state index contributed by atoms with van der Waals surface area (Å²) in [5, 5.41) is 0. The highest BCUT2D eigenvalue weighted by atomic mass is 15.2. The van der Waals surface area contributed by atoms with Gasteiger partial charge >= 0.3 is 0 Å². The second-order valence-electron chi connectivity index (χ2n) is 6.01. The minimum absolute atomic E-state index is 0.240. The number of piperidine rings is 1. The van der Waals surface area contributed by atoms with Crippen LogP contribution in [-0.2, 0) is 12.0 Å². The minimum Gasteiger partial charge on any atom is -0.320 e. The maximum Gasteiger partial charge on any atom is 0.0608 e. The molecule has 0 amide bonds. The summed E-state index contributed by atoms with van der Waals surface area (Å²) in [5.41, 5.74) is 9.37. The zero-order valence-electron chi connectivity index (χ0n) is 11.6. The fourth-order valence-corrected chi connectivity index (χ4v) is 3.89. The third-order valence-electron chi connectivity index (χ3n) is 4.84. The van der Waals surface area contributed by atoms with Crippen LogP contribution in [0.25, 0.3) is 0 Å². The van der Waals surface area contributed by atoms with E-state index in [0.717, 1.165) is 12.8 Å². The molecule has 1 fully saturated rings. The molecule has 2 atom stereocenters. The highest BCUT2D eigenvalue weighted by molar-refractivity contribution is 5.42. The lowest BCUT2D eigenvalue weighted by Crippen LogP contribution is -2.55. The van der Waals surface area contributed by atoms with E-state index in [9.17, 15) is 0 Å². The van der Waals surface area contributed by atoms with Crippen LogP contribution < -0.4 is 5.73 Å². The Labute approximate surface area is 116 Å². The van der Waals surface area contributed by atoms with E-state index in [1.165, 1.54) is 43.5 Å². The Morgan fingerprint density at radius 3 is 2.74 bits per heavy atom. The van der Waals surface area contributed by atoms with Crippen molar-refractivity contribution >= 4 is 0 Å². The maximum absolute atomic E-state index is 6.84. The Hall–Kier alpha value is -1.12. The van der Waals surface area contributed by atoms with Crippen molar-refractivity contribution in [2.45, 2.75) is 43.7 Å². The molecule has 0 spiro atoms. The van der Waals surface area contributed by atoms with Crippen molar-refractivity contribution in [3.63, 3.8) is 0 Å². The number of nitrogens with zero attached hydrogens (tertiary/aromatic N) is 1. The van der Waals surface area contributed by atoms with Gasteiger partial charge in [0.25, 0.3) is 0 Å². The third kappa shape index (κ3) is 2.13. The van der Waals surface area contributed by atoms with E-state index < -0.39 is 0 Å². The van der Waals surface area contributed by atoms with Crippen LogP contribution in [0, 0.1) is 0 Å². The quantitative estimate of drug-likeness (QED) is 0.843. The summed E-state index contributed by atoms with van der Waals surface area (Å²) in [6.45, 7) is 6.33. The number of rotatable bonds is 3. The van der Waals surface area contributed by atoms with Crippen molar-refractivity contribution in [3.8, 4) is 0 Å². The molecule has 19 heavy (non-hydrogen) atoms. The molecule has 1 saturated heterocycles. The molecule has 0 saturated carbocycles. The van der Waals surface area contributed by atoms with Gasteiger partial charge in [-0.2, -0.15) is 0 Å². The van der Waals surface area contributed by atoms with Gasteiger partial charge in [0.1, 0.15) is 0 Å². The molecule has 0 aromatic heterocycles. The first kappa shape index (κ1) is 12.9. The van der Waals surface area contributed by atoms with Crippen molar-refractivity contribution in [1.82, 2.24) is 4.90 Å². The average molecular weight is 256 g/mol. The van der Waals surface area contributed by atoms with Crippen molar-refractivity contribution in [1.29, 1.82) is 0 Å². The first-order valence-electron chi connectivity index (χ1n) is 7.48. The van der Waals surface area contributed by atoms with Crippen LogP contribution in [0.3, 0.4) is 0 Å². The van der Waals surface area contributed by atoms with Gasteiger partial charge in [0.2, 0.25) is 0 Å². The molecule has 1 aliphatic heterocycles. The van der Waals surface area contributed by atoms with Crippen LogP contribution >= 0.6 is 0 Å². The van der Waals surface area contributed by atoms with Gasteiger partial charge in [-0.1, -0.05) is 36.8 Å². The van der Waals surface area contributed by atoms with Gasteiger partial charge < -0.3 is 5.73 Å². The molecule has 1 heterocycles. The zero-order chi connectivity index (χ0) is 13.3. The summed E-state index contributed by atoms with van der Waals surface area (Å²) in [6, 6.07) is 9.14. The van der Waals surface area contributed by atoms with Crippen molar-refractivity contribution in [3.05, 3.63) is 48.0 Å². The summed E-state index contributed by atoms with van der Waals surface area (Å²) in [7, 11) is 0. The van der Waals surface area contributed by atoms with E-state index in [-0.39, 0.29) is 5.54 Å². The number of hydrogen-bond acceptors (Lipinski definition) is 2. The van der Waals surface area contributed by atoms with Gasteiger partial charge in [0.05, 0.1) is 5.54 Å². The zero-order valence-corrected chi connectivity index (χ0v) is 11.6. The van der Waals surface area contributed by atoms with Crippen molar-refractivity contribution in [2.75, 3.05) is 13.1 Å². The topological polar surface area (TPSA) is 29.3 Å². The monoisotopic (exact) mass is 256 g/mol. The first-order chi connectivity index (χ1) is 9.25. The minimum atomic E-state index is -0.240. The molecular formula is C17H24N2. The molecule has 1 aromatic rings. The number of nitrogens with two attached hydrogens (primary N) is 1. The summed E-state index contributed by atoms with van der Waals surface area (Å²) in [6.07, 6.45) is 7.95. The van der Waals surface area contributed by atoms with Crippen molar-refractivity contribution < 1.29 is 0 Å². The van der Waals surface area contributed by atoms with Gasteiger partial charge in [-0.15, -0.1) is 6.58 Å². The summed E-state index contributed by atoms with van der Waals surface area (Å²) >= 11 is 0. The Morgan fingerprint density at radius 1 is 1.26 bits per heavy atom. The number of fused-ring (bicyclic) bond motifs is 1. The van der Waals surface area contributed by atoms with E-state index in [1.54, 1.807) is 0 Å². The lowest BCUT2D eigenvalue weighted by atomic mass is 9.84. The van der Waals surface area contributed by atoms with E-state index in [4.69, 9.17) is 5.73 Å². The second kappa shape index (κ2) is 5.10. The lowest BCUT2D eigenvalue weighted by molar-refractivity contribution is 0.108. The summed E-state index contributed by atoms with van der Waals surface area (Å²) in [4.78, 5) is 2.62. The second-order valence-corrected chi connectivity index (χ2v) is 6.01. The predicted octanol–water partition coefficient (Wildman–Crippen LogP) is 2.83. The molecule has 102 valence electrons. The summed E-state index contributed by atoms with van der Waals surface area (Å²) in [5.74, 6) is 0. The smallest absolute Gasteiger partial charge is 0.0608 e. The molecule has 2 aliphatic rings. The molecule has 1 aromatic carbocycles. The molecule has 2 nitrogen and oxygen atoms in total. The van der Waals surface area contributed by atoms with Gasteiger partial charge in [0, 0.05) is 6.04 Å². The number of likely N-dealkylation sites (tertiary alicyclic amines) is 1. The van der Waals surface area contributed by atoms with Crippen LogP contribution in [0.2, 0.25) is 0 Å². The van der Waals surface area contributed by atoms with Gasteiger partial charge in [-0.3, -0.25) is 4.90 Å². The lowest BCUT2D eigenvalue weighted by Gasteiger charge is -2.41. The first-order valence-corrected chi connectivity index (χ1v) is 7.48. The maximum atomic E-state index is 6.84. The largest absolute Gasteiger partial charge is 0.320 e. The Kier molecular flexibility index (Phi) is 3.46. The van der Waals surface area contributed by atoms with Crippen LogP contribution in [0.15, 0.2) is 36.9 Å². The molecule has 0 radical (unpaired) electrons. The standard InChI is InChI=1S/C17H24N2/c1-2-10-17(18)15-9-5-4-8-14(15)13-16(17)19-11-6-3-7-12-19/h2,4-5,8-9,16H,1,3,6-7,10-13,18H2. The Bertz CT molecular complexity index is 462. The number of hydrogen-bond donors (Lipinski definition) is 1. The molecule has 0 bridgehead atoms. The van der Waals surface area contributed by atoms with E-state index in [1.807, 2.05) is 6.08 Å². The molecule has 1 aliphatic carbocycles. The normalized spacial score (nSPS) is 31.1. The van der Waals surface area contributed by atoms with Gasteiger partial charge in [-0.25, -0.2) is 0 Å². The highest BCUT2D eigenvalue weighted by Crippen LogP contribution is 2.41. The molecule has 2 N–H and O–H groups in total. The van der Waals surface area contributed by atoms with Gasteiger partial charge in [-0.05, 0) is 49.9 Å². The molecular weight excluding hydrogens is 232 g/mol. The Balaban J connectivity index is 1.94. The van der Waals surface area contributed by atoms with Crippen LogP contribution in [0.5, 0.6) is 0 Å².